The van der Waals surface area contributed by atoms with Crippen LogP contribution in [0.15, 0.2) is 30.7 Å². The van der Waals surface area contributed by atoms with Crippen LogP contribution in [0.4, 0.5) is 11.8 Å². The molecule has 5 aromatic heterocycles. The number of rotatable bonds is 5. The zero-order chi connectivity index (χ0) is 25.9. The largest absolute Gasteiger partial charge is 0.451 e. The second-order valence-electron chi connectivity index (χ2n) is 10.3. The Morgan fingerprint density at radius 3 is 2.76 bits per heavy atom. The molecule has 0 aromatic carbocycles. The van der Waals surface area contributed by atoms with E-state index in [1.807, 2.05) is 24.6 Å². The van der Waals surface area contributed by atoms with Gasteiger partial charge in [-0.05, 0) is 13.3 Å². The van der Waals surface area contributed by atoms with Crippen molar-refractivity contribution in [2.24, 2.45) is 7.05 Å². The van der Waals surface area contributed by atoms with Crippen LogP contribution in [0.3, 0.4) is 0 Å². The molecule has 1 aliphatic rings. The predicted octanol–water partition coefficient (Wildman–Crippen LogP) is 4.96. The fourth-order valence-corrected chi connectivity index (χ4v) is 4.88. The van der Waals surface area contributed by atoms with Crippen molar-refractivity contribution >= 4 is 40.2 Å². The van der Waals surface area contributed by atoms with Crippen LogP contribution in [0, 0.1) is 6.92 Å². The Kier molecular flexibility index (Phi) is 5.57. The van der Waals surface area contributed by atoms with Crippen molar-refractivity contribution in [1.82, 2.24) is 38.9 Å². The van der Waals surface area contributed by atoms with E-state index in [-0.39, 0.29) is 11.5 Å². The summed E-state index contributed by atoms with van der Waals surface area (Å²) in [6.45, 7) is 9.88. The number of nitrogens with one attached hydrogen (secondary N) is 1. The molecule has 1 fully saturated rings. The molecule has 0 bridgehead atoms. The summed E-state index contributed by atoms with van der Waals surface area (Å²) in [6.07, 6.45) is 5.89. The summed E-state index contributed by atoms with van der Waals surface area (Å²) < 4.78 is 17.2. The van der Waals surface area contributed by atoms with Gasteiger partial charge in [-0.3, -0.25) is 4.68 Å². The number of fused-ring (bicyclic) bond motifs is 2. The van der Waals surface area contributed by atoms with Gasteiger partial charge in [0, 0.05) is 36.9 Å². The maximum atomic E-state index is 6.78. The van der Waals surface area contributed by atoms with Crippen LogP contribution < -0.4 is 10.1 Å². The average Bonchev–Trinajstić information content (AvgIpc) is 3.61. The molecule has 1 aliphatic heterocycles. The molecule has 1 N–H and O–H groups in total. The van der Waals surface area contributed by atoms with E-state index in [1.165, 1.54) is 0 Å². The lowest BCUT2D eigenvalue weighted by Crippen LogP contribution is -2.22. The zero-order valence-electron chi connectivity index (χ0n) is 21.4. The fourth-order valence-electron chi connectivity index (χ4n) is 4.58. The fraction of sp³-hybridized carbons (Fsp3) is 0.400. The van der Waals surface area contributed by atoms with Crippen LogP contribution >= 0.6 is 11.6 Å². The molecule has 0 radical (unpaired) electrons. The summed E-state index contributed by atoms with van der Waals surface area (Å²) in [6, 6.07) is 4.19. The third-order valence-electron chi connectivity index (χ3n) is 6.44. The van der Waals surface area contributed by atoms with Crippen LogP contribution in [0.2, 0.25) is 5.02 Å². The molecule has 11 nitrogen and oxygen atoms in total. The van der Waals surface area contributed by atoms with Crippen molar-refractivity contribution in [2.45, 2.75) is 45.6 Å². The van der Waals surface area contributed by atoms with Crippen LogP contribution in [-0.2, 0) is 17.2 Å². The van der Waals surface area contributed by atoms with Gasteiger partial charge >= 0.3 is 0 Å². The Hall–Kier alpha value is -3.70. The molecule has 37 heavy (non-hydrogen) atoms. The minimum absolute atomic E-state index is 0.0777. The number of imidazole rings is 1. The van der Waals surface area contributed by atoms with Gasteiger partial charge in [0.2, 0.25) is 5.95 Å². The number of nitrogens with zero attached hydrogens (tertiary/aromatic N) is 8. The van der Waals surface area contributed by atoms with E-state index in [0.29, 0.717) is 46.1 Å². The SMILES string of the molecule is Cc1cc2ncc(Oc3cnc4nc(Nc5cc(C(C)(C)C)n(C6CCOC6)n5)n(C)c4c3Cl)cn2n1. The third kappa shape index (κ3) is 4.27. The van der Waals surface area contributed by atoms with Crippen molar-refractivity contribution in [3.63, 3.8) is 0 Å². The zero-order valence-corrected chi connectivity index (χ0v) is 22.1. The molecule has 12 heteroatoms. The quantitative estimate of drug-likeness (QED) is 0.345. The molecule has 0 saturated carbocycles. The van der Waals surface area contributed by atoms with Crippen molar-refractivity contribution in [2.75, 3.05) is 18.5 Å². The van der Waals surface area contributed by atoms with E-state index in [1.54, 1.807) is 23.1 Å². The summed E-state index contributed by atoms with van der Waals surface area (Å²) in [5, 5.41) is 13.0. The Morgan fingerprint density at radius 1 is 1.16 bits per heavy atom. The number of hydrogen-bond donors (Lipinski definition) is 1. The molecular formula is C25H28ClN9O2. The molecule has 192 valence electrons. The highest BCUT2D eigenvalue weighted by atomic mass is 35.5. The van der Waals surface area contributed by atoms with Gasteiger partial charge in [-0.2, -0.15) is 15.2 Å². The molecule has 1 atom stereocenters. The summed E-state index contributed by atoms with van der Waals surface area (Å²) in [4.78, 5) is 13.5. The molecule has 1 unspecified atom stereocenters. The van der Waals surface area contributed by atoms with E-state index < -0.39 is 0 Å². The van der Waals surface area contributed by atoms with E-state index in [4.69, 9.17) is 26.2 Å². The minimum Gasteiger partial charge on any atom is -0.451 e. The number of hydrogen-bond acceptors (Lipinski definition) is 8. The van der Waals surface area contributed by atoms with E-state index in [2.05, 4.69) is 56.9 Å². The highest BCUT2D eigenvalue weighted by Crippen LogP contribution is 2.36. The maximum absolute atomic E-state index is 6.78. The second kappa shape index (κ2) is 8.70. The highest BCUT2D eigenvalue weighted by Gasteiger charge is 2.28. The number of ether oxygens (including phenoxy) is 2. The van der Waals surface area contributed by atoms with Crippen LogP contribution in [0.1, 0.15) is 44.6 Å². The van der Waals surface area contributed by atoms with Gasteiger partial charge in [0.25, 0.3) is 0 Å². The minimum atomic E-state index is -0.0777. The Bertz CT molecular complexity index is 1620. The van der Waals surface area contributed by atoms with Gasteiger partial charge in [0.05, 0.1) is 36.9 Å². The number of anilines is 2. The first-order chi connectivity index (χ1) is 17.7. The predicted molar refractivity (Wildman–Crippen MR) is 140 cm³/mol. The topological polar surface area (TPSA) is 109 Å². The number of aromatic nitrogens is 8. The van der Waals surface area contributed by atoms with Crippen LogP contribution in [0.25, 0.3) is 16.8 Å². The van der Waals surface area contributed by atoms with Crippen molar-refractivity contribution in [1.29, 1.82) is 0 Å². The first kappa shape index (κ1) is 23.7. The number of aryl methyl sites for hydroxylation is 2. The van der Waals surface area contributed by atoms with Gasteiger partial charge in [0.1, 0.15) is 10.5 Å². The summed E-state index contributed by atoms with van der Waals surface area (Å²) in [7, 11) is 1.88. The molecular weight excluding hydrogens is 494 g/mol. The van der Waals surface area contributed by atoms with Gasteiger partial charge in [-0.1, -0.05) is 32.4 Å². The van der Waals surface area contributed by atoms with E-state index in [0.717, 1.165) is 30.1 Å². The molecule has 5 aromatic rings. The van der Waals surface area contributed by atoms with Gasteiger partial charge in [0.15, 0.2) is 28.6 Å². The maximum Gasteiger partial charge on any atom is 0.210 e. The summed E-state index contributed by atoms with van der Waals surface area (Å²) in [5.41, 5.74) is 3.81. The van der Waals surface area contributed by atoms with Crippen molar-refractivity contribution in [3.8, 4) is 11.5 Å². The van der Waals surface area contributed by atoms with Gasteiger partial charge < -0.3 is 19.4 Å². The van der Waals surface area contributed by atoms with Gasteiger partial charge in [-0.15, -0.1) is 0 Å². The Balaban J connectivity index is 1.32. The molecule has 0 amide bonds. The monoisotopic (exact) mass is 521 g/mol. The van der Waals surface area contributed by atoms with Crippen molar-refractivity contribution in [3.05, 3.63) is 47.1 Å². The lowest BCUT2D eigenvalue weighted by atomic mass is 9.91. The van der Waals surface area contributed by atoms with Crippen LogP contribution in [-0.4, -0.2) is 52.1 Å². The third-order valence-corrected chi connectivity index (χ3v) is 6.81. The van der Waals surface area contributed by atoms with E-state index in [9.17, 15) is 0 Å². The lowest BCUT2D eigenvalue weighted by Gasteiger charge is -2.22. The van der Waals surface area contributed by atoms with Crippen LogP contribution in [0.5, 0.6) is 11.5 Å². The van der Waals surface area contributed by atoms with E-state index >= 15 is 0 Å². The average molecular weight is 522 g/mol. The highest BCUT2D eigenvalue weighted by molar-refractivity contribution is 6.36. The Morgan fingerprint density at radius 2 is 2.00 bits per heavy atom. The summed E-state index contributed by atoms with van der Waals surface area (Å²) in [5.74, 6) is 2.17. The molecule has 0 aliphatic carbocycles. The molecule has 0 spiro atoms. The molecule has 6 rings (SSSR count). The molecule has 6 heterocycles. The first-order valence-corrected chi connectivity index (χ1v) is 12.5. The first-order valence-electron chi connectivity index (χ1n) is 12.1. The Labute approximate surface area is 218 Å². The van der Waals surface area contributed by atoms with Gasteiger partial charge in [-0.25, -0.2) is 14.5 Å². The standard InChI is InChI=1S/C25H28ClN9O2/c1-14-8-20-27-10-16(12-34(20)31-14)37-17-11-28-23-22(21(17)26)33(5)24(30-23)29-19-9-18(25(2,3)4)35(32-19)15-6-7-36-13-15/h8-12,15H,6-7,13H2,1-5H3,(H,28,29,30,32). The van der Waals surface area contributed by atoms with Crippen molar-refractivity contribution < 1.29 is 9.47 Å². The number of pyridine rings is 1. The summed E-state index contributed by atoms with van der Waals surface area (Å²) >= 11 is 6.78. The molecule has 1 saturated heterocycles. The second-order valence-corrected chi connectivity index (χ2v) is 10.7. The number of halogens is 1. The lowest BCUT2D eigenvalue weighted by molar-refractivity contribution is 0.183. The smallest absolute Gasteiger partial charge is 0.210 e. The normalized spacial score (nSPS) is 16.2.